The van der Waals surface area contributed by atoms with Crippen LogP contribution in [-0.4, -0.2) is 25.2 Å². The van der Waals surface area contributed by atoms with Crippen LogP contribution < -0.4 is 0 Å². The van der Waals surface area contributed by atoms with Crippen molar-refractivity contribution in [2.45, 2.75) is 11.7 Å². The number of thiocyanates is 1. The van der Waals surface area contributed by atoms with E-state index in [0.29, 0.717) is 6.42 Å². The second-order valence-corrected chi connectivity index (χ2v) is 5.55. The predicted molar refractivity (Wildman–Crippen MR) is 40.3 cm³/mol. The summed E-state index contributed by atoms with van der Waals surface area (Å²) >= 11 is 1.07. The third kappa shape index (κ3) is 1.89. The van der Waals surface area contributed by atoms with Gasteiger partial charge in [-0.05, 0) is 18.2 Å². The van der Waals surface area contributed by atoms with E-state index in [1.54, 1.807) is 0 Å². The van der Waals surface area contributed by atoms with E-state index in [-0.39, 0.29) is 16.8 Å². The highest BCUT2D eigenvalue weighted by atomic mass is 32.2. The number of hydrogen-bond acceptors (Lipinski definition) is 4. The number of nitrogens with zero attached hydrogens (tertiary/aromatic N) is 1. The van der Waals surface area contributed by atoms with Crippen LogP contribution >= 0.6 is 11.8 Å². The molecule has 0 radical (unpaired) electrons. The number of nitriles is 1. The Hall–Kier alpha value is -0.210. The molecule has 1 atom stereocenters. The maximum Gasteiger partial charge on any atom is 0.151 e. The van der Waals surface area contributed by atoms with E-state index in [1.807, 2.05) is 5.40 Å². The van der Waals surface area contributed by atoms with Crippen molar-refractivity contribution in [3.63, 3.8) is 0 Å². The lowest BCUT2D eigenvalue weighted by Gasteiger charge is -1.95. The first-order valence-electron chi connectivity index (χ1n) is 2.89. The van der Waals surface area contributed by atoms with Gasteiger partial charge in [0.25, 0.3) is 0 Å². The molecule has 10 heavy (non-hydrogen) atoms. The molecule has 0 spiro atoms. The molecule has 1 aliphatic heterocycles. The van der Waals surface area contributed by atoms with Crippen LogP contribution in [0.5, 0.6) is 0 Å². The first-order chi connectivity index (χ1) is 4.64. The van der Waals surface area contributed by atoms with Crippen LogP contribution in [0.15, 0.2) is 0 Å². The molecule has 5 heteroatoms. The molecule has 1 fully saturated rings. The minimum absolute atomic E-state index is 0.0231. The summed E-state index contributed by atoms with van der Waals surface area (Å²) in [4.78, 5) is 0. The van der Waals surface area contributed by atoms with Gasteiger partial charge in [-0.3, -0.25) is 0 Å². The van der Waals surface area contributed by atoms with Gasteiger partial charge in [0.15, 0.2) is 9.84 Å². The summed E-state index contributed by atoms with van der Waals surface area (Å²) in [6, 6.07) is 0. The summed E-state index contributed by atoms with van der Waals surface area (Å²) in [5, 5.41) is 10.1. The molecule has 1 saturated heterocycles. The van der Waals surface area contributed by atoms with Gasteiger partial charge in [-0.25, -0.2) is 8.42 Å². The quantitative estimate of drug-likeness (QED) is 0.544. The van der Waals surface area contributed by atoms with Crippen molar-refractivity contribution in [1.29, 1.82) is 5.26 Å². The summed E-state index contributed by atoms with van der Waals surface area (Å²) in [7, 11) is -2.79. The Morgan fingerprint density at radius 2 is 2.30 bits per heavy atom. The molecule has 0 saturated carbocycles. The Bertz CT molecular complexity index is 251. The minimum atomic E-state index is -2.79. The fraction of sp³-hybridized carbons (Fsp3) is 0.800. The molecule has 0 aromatic carbocycles. The van der Waals surface area contributed by atoms with Gasteiger partial charge in [0, 0.05) is 5.25 Å². The highest BCUT2D eigenvalue weighted by Gasteiger charge is 2.27. The summed E-state index contributed by atoms with van der Waals surface area (Å²) < 4.78 is 21.6. The van der Waals surface area contributed by atoms with Crippen molar-refractivity contribution in [2.75, 3.05) is 11.5 Å². The van der Waals surface area contributed by atoms with Gasteiger partial charge >= 0.3 is 0 Å². The highest BCUT2D eigenvalue weighted by molar-refractivity contribution is 8.05. The molecule has 56 valence electrons. The van der Waals surface area contributed by atoms with Crippen LogP contribution in [0.2, 0.25) is 0 Å². The van der Waals surface area contributed by atoms with Gasteiger partial charge in [-0.15, -0.1) is 0 Å². The van der Waals surface area contributed by atoms with Crippen LogP contribution in [0.3, 0.4) is 0 Å². The van der Waals surface area contributed by atoms with E-state index in [9.17, 15) is 8.42 Å². The molecule has 3 nitrogen and oxygen atoms in total. The van der Waals surface area contributed by atoms with Crippen molar-refractivity contribution in [2.24, 2.45) is 0 Å². The Balaban J connectivity index is 2.54. The maximum absolute atomic E-state index is 10.8. The SMILES string of the molecule is N#CSC1CCS(=O)(=O)C1. The Morgan fingerprint density at radius 3 is 2.70 bits per heavy atom. The predicted octanol–water partition coefficient (Wildman–Crippen LogP) is 0.388. The van der Waals surface area contributed by atoms with E-state index >= 15 is 0 Å². The van der Waals surface area contributed by atoms with Crippen molar-refractivity contribution < 1.29 is 8.42 Å². The first kappa shape index (κ1) is 7.89. The van der Waals surface area contributed by atoms with Crippen LogP contribution in [-0.2, 0) is 9.84 Å². The van der Waals surface area contributed by atoms with Gasteiger partial charge in [-0.2, -0.15) is 5.26 Å². The van der Waals surface area contributed by atoms with Crippen LogP contribution in [0.1, 0.15) is 6.42 Å². The molecule has 0 aliphatic carbocycles. The Labute approximate surface area is 64.3 Å². The topological polar surface area (TPSA) is 57.9 Å². The fourth-order valence-electron chi connectivity index (χ4n) is 0.928. The van der Waals surface area contributed by atoms with E-state index in [4.69, 9.17) is 5.26 Å². The van der Waals surface area contributed by atoms with Gasteiger partial charge < -0.3 is 0 Å². The highest BCUT2D eigenvalue weighted by Crippen LogP contribution is 2.22. The maximum atomic E-state index is 10.8. The molecule has 0 aromatic heterocycles. The molecule has 0 N–H and O–H groups in total. The van der Waals surface area contributed by atoms with E-state index in [2.05, 4.69) is 0 Å². The normalized spacial score (nSPS) is 29.7. The second-order valence-electron chi connectivity index (χ2n) is 2.23. The average molecular weight is 177 g/mol. The summed E-state index contributed by atoms with van der Waals surface area (Å²) in [5.41, 5.74) is 0. The van der Waals surface area contributed by atoms with Gasteiger partial charge in [0.2, 0.25) is 0 Å². The summed E-state index contributed by atoms with van der Waals surface area (Å²) in [5.74, 6) is 0.442. The minimum Gasteiger partial charge on any atom is -0.229 e. The molecule has 1 heterocycles. The lowest BCUT2D eigenvalue weighted by Crippen LogP contribution is -2.05. The monoisotopic (exact) mass is 177 g/mol. The number of sulfone groups is 1. The van der Waals surface area contributed by atoms with Crippen LogP contribution in [0, 0.1) is 10.7 Å². The molecular weight excluding hydrogens is 170 g/mol. The van der Waals surface area contributed by atoms with Gasteiger partial charge in [-0.1, -0.05) is 0 Å². The largest absolute Gasteiger partial charge is 0.229 e. The smallest absolute Gasteiger partial charge is 0.151 e. The number of rotatable bonds is 1. The van der Waals surface area contributed by atoms with E-state index in [1.165, 1.54) is 0 Å². The van der Waals surface area contributed by atoms with Crippen LogP contribution in [0.25, 0.3) is 0 Å². The number of thioether (sulfide) groups is 1. The van der Waals surface area contributed by atoms with Crippen molar-refractivity contribution in [3.05, 3.63) is 0 Å². The van der Waals surface area contributed by atoms with Gasteiger partial charge in [0.1, 0.15) is 5.40 Å². The van der Waals surface area contributed by atoms with Crippen molar-refractivity contribution >= 4 is 21.6 Å². The molecule has 1 unspecified atom stereocenters. The zero-order valence-corrected chi connectivity index (χ0v) is 6.91. The molecule has 1 aliphatic rings. The molecule has 0 bridgehead atoms. The Morgan fingerprint density at radius 1 is 1.60 bits per heavy atom. The fourth-order valence-corrected chi connectivity index (χ4v) is 3.90. The first-order valence-corrected chi connectivity index (χ1v) is 5.59. The third-order valence-corrected chi connectivity index (χ3v) is 4.23. The second kappa shape index (κ2) is 2.81. The van der Waals surface area contributed by atoms with Crippen LogP contribution in [0.4, 0.5) is 0 Å². The molecule has 1 rings (SSSR count). The lowest BCUT2D eigenvalue weighted by atomic mass is 10.4. The van der Waals surface area contributed by atoms with E-state index in [0.717, 1.165) is 11.8 Å². The average Bonchev–Trinajstić information content (AvgIpc) is 2.12. The summed E-state index contributed by atoms with van der Waals surface area (Å²) in [6.07, 6.45) is 0.639. The van der Waals surface area contributed by atoms with E-state index < -0.39 is 9.84 Å². The zero-order valence-electron chi connectivity index (χ0n) is 5.28. The van der Waals surface area contributed by atoms with Gasteiger partial charge in [0.05, 0.1) is 11.5 Å². The third-order valence-electron chi connectivity index (χ3n) is 1.41. The number of hydrogen-bond donors (Lipinski definition) is 0. The molecule has 0 amide bonds. The van der Waals surface area contributed by atoms with Crippen molar-refractivity contribution in [3.8, 4) is 5.40 Å². The zero-order chi connectivity index (χ0) is 7.61. The van der Waals surface area contributed by atoms with Crippen molar-refractivity contribution in [1.82, 2.24) is 0 Å². The standard InChI is InChI=1S/C5H7NO2S2/c6-4-9-5-1-2-10(7,8)3-5/h5H,1-3H2. The molecular formula is C5H7NO2S2. The Kier molecular flexibility index (Phi) is 2.21. The molecule has 0 aromatic rings. The lowest BCUT2D eigenvalue weighted by molar-refractivity contribution is 0.602. The summed E-state index contributed by atoms with van der Waals surface area (Å²) in [6.45, 7) is 0.